The third-order valence-corrected chi connectivity index (χ3v) is 4.69. The molecule has 0 bridgehead atoms. The van der Waals surface area contributed by atoms with Gasteiger partial charge in [0, 0.05) is 16.0 Å². The number of thioether (sulfide) groups is 1. The SMILES string of the molecule is CC[C@@](C)(CC(=O)O)NC(=O)c1ccc2c(c1)NC(=O)CS2. The molecular weight excluding hydrogens is 304 g/mol. The molecule has 0 radical (unpaired) electrons. The van der Waals surface area contributed by atoms with E-state index in [2.05, 4.69) is 10.6 Å². The fraction of sp³-hybridized carbons (Fsp3) is 0.400. The van der Waals surface area contributed by atoms with Gasteiger partial charge in [0.2, 0.25) is 5.91 Å². The maximum absolute atomic E-state index is 12.3. The van der Waals surface area contributed by atoms with E-state index in [1.54, 1.807) is 25.1 Å². The second kappa shape index (κ2) is 6.39. The highest BCUT2D eigenvalue weighted by molar-refractivity contribution is 8.00. The lowest BCUT2D eigenvalue weighted by atomic mass is 9.94. The second-order valence-electron chi connectivity index (χ2n) is 5.49. The predicted octanol–water partition coefficient (Wildman–Crippen LogP) is 2.10. The van der Waals surface area contributed by atoms with Crippen LogP contribution in [-0.4, -0.2) is 34.2 Å². The molecule has 3 N–H and O–H groups in total. The third-order valence-electron chi connectivity index (χ3n) is 3.61. The van der Waals surface area contributed by atoms with Crippen LogP contribution in [-0.2, 0) is 9.59 Å². The van der Waals surface area contributed by atoms with Crippen LogP contribution in [0.2, 0.25) is 0 Å². The van der Waals surface area contributed by atoms with Crippen LogP contribution in [0.3, 0.4) is 0 Å². The average Bonchev–Trinajstić information content (AvgIpc) is 2.45. The highest BCUT2D eigenvalue weighted by Gasteiger charge is 2.28. The van der Waals surface area contributed by atoms with Gasteiger partial charge in [-0.2, -0.15) is 0 Å². The normalized spacial score (nSPS) is 16.2. The number of carboxylic acids is 1. The maximum atomic E-state index is 12.3. The molecule has 2 amide bonds. The molecule has 7 heteroatoms. The Hall–Kier alpha value is -2.02. The number of carbonyl (C=O) groups excluding carboxylic acids is 2. The second-order valence-corrected chi connectivity index (χ2v) is 6.50. The lowest BCUT2D eigenvalue weighted by Crippen LogP contribution is -2.47. The molecule has 1 aromatic rings. The van der Waals surface area contributed by atoms with Crippen LogP contribution >= 0.6 is 11.8 Å². The van der Waals surface area contributed by atoms with Crippen molar-refractivity contribution >= 4 is 35.2 Å². The summed E-state index contributed by atoms with van der Waals surface area (Å²) in [6, 6.07) is 5.08. The molecule has 0 spiro atoms. The van der Waals surface area contributed by atoms with E-state index in [0.29, 0.717) is 23.4 Å². The zero-order valence-electron chi connectivity index (χ0n) is 12.4. The van der Waals surface area contributed by atoms with E-state index in [0.717, 1.165) is 4.90 Å². The number of fused-ring (bicyclic) bond motifs is 1. The fourth-order valence-corrected chi connectivity index (χ4v) is 2.95. The highest BCUT2D eigenvalue weighted by Crippen LogP contribution is 2.32. The molecule has 1 aliphatic rings. The van der Waals surface area contributed by atoms with Gasteiger partial charge >= 0.3 is 5.97 Å². The molecule has 1 aliphatic heterocycles. The van der Waals surface area contributed by atoms with Gasteiger partial charge in [-0.25, -0.2) is 0 Å². The molecule has 2 rings (SSSR count). The van der Waals surface area contributed by atoms with Gasteiger partial charge in [0.15, 0.2) is 0 Å². The molecule has 0 saturated carbocycles. The van der Waals surface area contributed by atoms with Gasteiger partial charge < -0.3 is 15.7 Å². The first kappa shape index (κ1) is 16.4. The summed E-state index contributed by atoms with van der Waals surface area (Å²) in [6.07, 6.45) is 0.356. The molecule has 6 nitrogen and oxygen atoms in total. The Labute approximate surface area is 132 Å². The molecule has 0 unspecified atom stereocenters. The van der Waals surface area contributed by atoms with E-state index < -0.39 is 11.5 Å². The minimum absolute atomic E-state index is 0.0978. The molecule has 1 heterocycles. The van der Waals surface area contributed by atoms with Gasteiger partial charge in [0.1, 0.15) is 0 Å². The van der Waals surface area contributed by atoms with Gasteiger partial charge in [0.25, 0.3) is 5.91 Å². The zero-order valence-corrected chi connectivity index (χ0v) is 13.3. The monoisotopic (exact) mass is 322 g/mol. The molecule has 1 atom stereocenters. The summed E-state index contributed by atoms with van der Waals surface area (Å²) in [5.41, 5.74) is 0.202. The van der Waals surface area contributed by atoms with Crippen molar-refractivity contribution < 1.29 is 19.5 Å². The van der Waals surface area contributed by atoms with E-state index in [-0.39, 0.29) is 18.2 Å². The first-order valence-corrected chi connectivity index (χ1v) is 7.92. The van der Waals surface area contributed by atoms with Crippen LogP contribution < -0.4 is 10.6 Å². The molecule has 0 fully saturated rings. The predicted molar refractivity (Wildman–Crippen MR) is 84.2 cm³/mol. The Balaban J connectivity index is 2.17. The lowest BCUT2D eigenvalue weighted by Gasteiger charge is -2.28. The van der Waals surface area contributed by atoms with Gasteiger partial charge in [-0.15, -0.1) is 11.8 Å². The van der Waals surface area contributed by atoms with Crippen molar-refractivity contribution in [2.45, 2.75) is 37.1 Å². The molecular formula is C15H18N2O4S. The first-order valence-electron chi connectivity index (χ1n) is 6.94. The van der Waals surface area contributed by atoms with Crippen LogP contribution in [0.4, 0.5) is 5.69 Å². The van der Waals surface area contributed by atoms with Crippen LogP contribution in [0, 0.1) is 0 Å². The van der Waals surface area contributed by atoms with E-state index in [9.17, 15) is 14.4 Å². The largest absolute Gasteiger partial charge is 0.481 e. The summed E-state index contributed by atoms with van der Waals surface area (Å²) >= 11 is 1.42. The van der Waals surface area contributed by atoms with Crippen molar-refractivity contribution in [3.8, 4) is 0 Å². The van der Waals surface area contributed by atoms with Gasteiger partial charge in [-0.05, 0) is 31.5 Å². The van der Waals surface area contributed by atoms with Crippen molar-refractivity contribution in [3.05, 3.63) is 23.8 Å². The quantitative estimate of drug-likeness (QED) is 0.771. The van der Waals surface area contributed by atoms with Crippen molar-refractivity contribution in [1.29, 1.82) is 0 Å². The average molecular weight is 322 g/mol. The van der Waals surface area contributed by atoms with Gasteiger partial charge in [-0.1, -0.05) is 6.92 Å². The smallest absolute Gasteiger partial charge is 0.305 e. The zero-order chi connectivity index (χ0) is 16.3. The van der Waals surface area contributed by atoms with Crippen LogP contribution in [0.1, 0.15) is 37.0 Å². The van der Waals surface area contributed by atoms with Crippen molar-refractivity contribution in [1.82, 2.24) is 5.32 Å². The molecule has 0 aromatic heterocycles. The number of benzene rings is 1. The Morgan fingerprint density at radius 2 is 2.18 bits per heavy atom. The summed E-state index contributed by atoms with van der Waals surface area (Å²) in [5.74, 6) is -1.04. The van der Waals surface area contributed by atoms with Gasteiger partial charge in [-0.3, -0.25) is 14.4 Å². The standard InChI is InChI=1S/C15H18N2O4S/c1-3-15(2,7-13(19)20)17-14(21)9-4-5-11-10(6-9)16-12(18)8-22-11/h4-6H,3,7-8H2,1-2H3,(H,16,18)(H,17,21)(H,19,20)/t15-/m0/s1. The van der Waals surface area contributed by atoms with Crippen molar-refractivity contribution in [2.24, 2.45) is 0 Å². The number of rotatable bonds is 5. The van der Waals surface area contributed by atoms with E-state index >= 15 is 0 Å². The summed E-state index contributed by atoms with van der Waals surface area (Å²) in [7, 11) is 0. The van der Waals surface area contributed by atoms with Crippen LogP contribution in [0.25, 0.3) is 0 Å². The Kier molecular flexibility index (Phi) is 4.75. The van der Waals surface area contributed by atoms with E-state index in [1.807, 2.05) is 6.92 Å². The number of hydrogen-bond donors (Lipinski definition) is 3. The first-order chi connectivity index (χ1) is 10.3. The molecule has 0 aliphatic carbocycles. The van der Waals surface area contributed by atoms with Gasteiger partial charge in [0.05, 0.1) is 17.9 Å². The summed E-state index contributed by atoms with van der Waals surface area (Å²) in [5, 5.41) is 14.4. The van der Waals surface area contributed by atoms with Crippen molar-refractivity contribution in [3.63, 3.8) is 0 Å². The lowest BCUT2D eigenvalue weighted by molar-refractivity contribution is -0.138. The molecule has 118 valence electrons. The number of carbonyl (C=O) groups is 3. The third kappa shape index (κ3) is 3.79. The molecule has 0 saturated heterocycles. The molecule has 22 heavy (non-hydrogen) atoms. The number of anilines is 1. The highest BCUT2D eigenvalue weighted by atomic mass is 32.2. The number of hydrogen-bond acceptors (Lipinski definition) is 4. The van der Waals surface area contributed by atoms with Crippen LogP contribution in [0.5, 0.6) is 0 Å². The van der Waals surface area contributed by atoms with Crippen LogP contribution in [0.15, 0.2) is 23.1 Å². The summed E-state index contributed by atoms with van der Waals surface area (Å²) in [6.45, 7) is 3.53. The Bertz CT molecular complexity index is 632. The maximum Gasteiger partial charge on any atom is 0.305 e. The minimum Gasteiger partial charge on any atom is -0.481 e. The number of aliphatic carboxylic acids is 1. The fourth-order valence-electron chi connectivity index (χ4n) is 2.16. The topological polar surface area (TPSA) is 95.5 Å². The van der Waals surface area contributed by atoms with E-state index in [1.165, 1.54) is 11.8 Å². The number of carboxylic acid groups (broad SMARTS) is 1. The van der Waals surface area contributed by atoms with E-state index in [4.69, 9.17) is 5.11 Å². The summed E-state index contributed by atoms with van der Waals surface area (Å²) in [4.78, 5) is 35.6. The Morgan fingerprint density at radius 1 is 1.45 bits per heavy atom. The van der Waals surface area contributed by atoms with Crippen molar-refractivity contribution in [2.75, 3.05) is 11.1 Å². The number of amides is 2. The minimum atomic E-state index is -0.959. The molecule has 1 aromatic carbocycles. The Morgan fingerprint density at radius 3 is 2.82 bits per heavy atom. The number of nitrogens with one attached hydrogen (secondary N) is 2. The summed E-state index contributed by atoms with van der Waals surface area (Å²) < 4.78 is 0.